The van der Waals surface area contributed by atoms with Crippen LogP contribution in [0.1, 0.15) is 26.2 Å². The van der Waals surface area contributed by atoms with Crippen molar-refractivity contribution >= 4 is 0 Å². The fourth-order valence-electron chi connectivity index (χ4n) is 3.17. The summed E-state index contributed by atoms with van der Waals surface area (Å²) in [6, 6.07) is 0.553. The molecule has 0 aromatic carbocycles. The molecule has 0 bridgehead atoms. The Morgan fingerprint density at radius 1 is 1.50 bits per heavy atom. The van der Waals surface area contributed by atoms with E-state index < -0.39 is 0 Å². The molecule has 0 aromatic rings. The van der Waals surface area contributed by atoms with Gasteiger partial charge < -0.3 is 15.2 Å². The first-order valence-corrected chi connectivity index (χ1v) is 6.28. The van der Waals surface area contributed by atoms with Gasteiger partial charge in [0.25, 0.3) is 0 Å². The molecule has 1 saturated heterocycles. The number of ether oxygens (including phenoxy) is 2. The van der Waals surface area contributed by atoms with Gasteiger partial charge in [0, 0.05) is 26.2 Å². The van der Waals surface area contributed by atoms with Crippen molar-refractivity contribution in [3.05, 3.63) is 0 Å². The van der Waals surface area contributed by atoms with E-state index in [2.05, 4.69) is 11.8 Å². The molecule has 0 aromatic heterocycles. The molecule has 2 fully saturated rings. The predicted octanol–water partition coefficient (Wildman–Crippen LogP) is 0.604. The Morgan fingerprint density at radius 3 is 3.00 bits per heavy atom. The molecule has 3 unspecified atom stereocenters. The molecule has 1 saturated carbocycles. The number of methoxy groups -OCH3 is 1. The molecular formula is C12H24N2O2. The molecule has 94 valence electrons. The van der Waals surface area contributed by atoms with Gasteiger partial charge in [0.05, 0.1) is 24.9 Å². The zero-order chi connectivity index (χ0) is 11.6. The predicted molar refractivity (Wildman–Crippen MR) is 63.4 cm³/mol. The zero-order valence-electron chi connectivity index (χ0n) is 10.4. The van der Waals surface area contributed by atoms with Crippen LogP contribution in [0.25, 0.3) is 0 Å². The number of morpholine rings is 1. The van der Waals surface area contributed by atoms with Crippen LogP contribution in [0.5, 0.6) is 0 Å². The maximum Gasteiger partial charge on any atom is 0.0731 e. The summed E-state index contributed by atoms with van der Waals surface area (Å²) in [4.78, 5) is 2.53. The van der Waals surface area contributed by atoms with Gasteiger partial charge in [-0.1, -0.05) is 0 Å². The third-order valence-electron chi connectivity index (χ3n) is 4.07. The van der Waals surface area contributed by atoms with Crippen molar-refractivity contribution in [2.75, 3.05) is 33.4 Å². The van der Waals surface area contributed by atoms with Crippen LogP contribution in [0.2, 0.25) is 0 Å². The van der Waals surface area contributed by atoms with Crippen molar-refractivity contribution in [1.82, 2.24) is 4.90 Å². The number of rotatable bonds is 4. The molecule has 2 aliphatic rings. The molecule has 1 aliphatic heterocycles. The number of hydrogen-bond donors (Lipinski definition) is 1. The summed E-state index contributed by atoms with van der Waals surface area (Å²) in [6.45, 7) is 5.37. The maximum absolute atomic E-state index is 5.94. The van der Waals surface area contributed by atoms with Gasteiger partial charge in [-0.25, -0.2) is 0 Å². The summed E-state index contributed by atoms with van der Waals surface area (Å²) in [5, 5.41) is 0. The summed E-state index contributed by atoms with van der Waals surface area (Å²) in [5.74, 6) is 0. The summed E-state index contributed by atoms with van der Waals surface area (Å²) in [5.41, 5.74) is 5.91. The van der Waals surface area contributed by atoms with Crippen molar-refractivity contribution < 1.29 is 9.47 Å². The smallest absolute Gasteiger partial charge is 0.0731 e. The van der Waals surface area contributed by atoms with Gasteiger partial charge >= 0.3 is 0 Å². The van der Waals surface area contributed by atoms with Crippen molar-refractivity contribution in [3.63, 3.8) is 0 Å². The fraction of sp³-hybridized carbons (Fsp3) is 1.00. The van der Waals surface area contributed by atoms with Crippen LogP contribution in [-0.2, 0) is 9.47 Å². The van der Waals surface area contributed by atoms with E-state index in [1.54, 1.807) is 7.11 Å². The Bertz CT molecular complexity index is 237. The molecule has 0 radical (unpaired) electrons. The average Bonchev–Trinajstić information content (AvgIpc) is 2.76. The van der Waals surface area contributed by atoms with E-state index in [4.69, 9.17) is 15.2 Å². The molecule has 3 atom stereocenters. The average molecular weight is 228 g/mol. The Kier molecular flexibility index (Phi) is 3.85. The first kappa shape index (κ1) is 12.3. The lowest BCUT2D eigenvalue weighted by Gasteiger charge is -2.48. The van der Waals surface area contributed by atoms with Gasteiger partial charge in [0.1, 0.15) is 0 Å². The third-order valence-corrected chi connectivity index (χ3v) is 4.07. The summed E-state index contributed by atoms with van der Waals surface area (Å²) < 4.78 is 11.2. The molecule has 2 rings (SSSR count). The highest BCUT2D eigenvalue weighted by Crippen LogP contribution is 2.33. The van der Waals surface area contributed by atoms with Crippen LogP contribution in [0.3, 0.4) is 0 Å². The molecule has 4 nitrogen and oxygen atoms in total. The fourth-order valence-corrected chi connectivity index (χ4v) is 3.17. The number of hydrogen-bond acceptors (Lipinski definition) is 4. The number of nitrogens with two attached hydrogens (primary N) is 1. The highest BCUT2D eigenvalue weighted by Gasteiger charge is 2.43. The molecule has 0 spiro atoms. The van der Waals surface area contributed by atoms with E-state index in [0.29, 0.717) is 25.3 Å². The van der Waals surface area contributed by atoms with E-state index in [1.165, 1.54) is 19.3 Å². The molecule has 0 amide bonds. The lowest BCUT2D eigenvalue weighted by molar-refractivity contribution is -0.107. The topological polar surface area (TPSA) is 47.7 Å². The molecule has 1 aliphatic carbocycles. The molecular weight excluding hydrogens is 204 g/mol. The highest BCUT2D eigenvalue weighted by molar-refractivity contribution is 4.98. The van der Waals surface area contributed by atoms with Crippen LogP contribution < -0.4 is 5.73 Å². The standard InChI is InChI=1S/C12H24N2O2/c1-12(8-13,9-15-2)14-6-7-16-11-5-3-4-10(11)14/h10-11H,3-9,13H2,1-2H3. The highest BCUT2D eigenvalue weighted by atomic mass is 16.5. The second-order valence-corrected chi connectivity index (χ2v) is 5.23. The quantitative estimate of drug-likeness (QED) is 0.765. The number of fused-ring (bicyclic) bond motifs is 1. The van der Waals surface area contributed by atoms with E-state index in [0.717, 1.165) is 13.2 Å². The maximum atomic E-state index is 5.94. The Morgan fingerprint density at radius 2 is 2.31 bits per heavy atom. The van der Waals surface area contributed by atoms with Gasteiger partial charge in [0.2, 0.25) is 0 Å². The first-order valence-electron chi connectivity index (χ1n) is 6.28. The van der Waals surface area contributed by atoms with E-state index >= 15 is 0 Å². The second-order valence-electron chi connectivity index (χ2n) is 5.23. The lowest BCUT2D eigenvalue weighted by atomic mass is 9.96. The van der Waals surface area contributed by atoms with Crippen molar-refractivity contribution in [2.45, 2.75) is 43.9 Å². The lowest BCUT2D eigenvalue weighted by Crippen LogP contribution is -2.63. The first-order chi connectivity index (χ1) is 7.71. The minimum absolute atomic E-state index is 0.0359. The van der Waals surface area contributed by atoms with Gasteiger partial charge in [-0.2, -0.15) is 0 Å². The second kappa shape index (κ2) is 5.00. The van der Waals surface area contributed by atoms with Crippen LogP contribution in [0, 0.1) is 0 Å². The molecule has 4 heteroatoms. The van der Waals surface area contributed by atoms with E-state index in [9.17, 15) is 0 Å². The van der Waals surface area contributed by atoms with Crippen molar-refractivity contribution in [2.24, 2.45) is 5.73 Å². The Balaban J connectivity index is 2.10. The van der Waals surface area contributed by atoms with Crippen molar-refractivity contribution in [1.29, 1.82) is 0 Å². The third kappa shape index (κ3) is 2.12. The monoisotopic (exact) mass is 228 g/mol. The van der Waals surface area contributed by atoms with Crippen LogP contribution in [-0.4, -0.2) is 56.0 Å². The largest absolute Gasteiger partial charge is 0.383 e. The van der Waals surface area contributed by atoms with Crippen LogP contribution in [0.15, 0.2) is 0 Å². The summed E-state index contributed by atoms with van der Waals surface area (Å²) in [7, 11) is 1.75. The number of nitrogens with zero attached hydrogens (tertiary/aromatic N) is 1. The Hall–Kier alpha value is -0.160. The molecule has 2 N–H and O–H groups in total. The van der Waals surface area contributed by atoms with Gasteiger partial charge in [-0.05, 0) is 26.2 Å². The zero-order valence-corrected chi connectivity index (χ0v) is 10.4. The van der Waals surface area contributed by atoms with E-state index in [1.807, 2.05) is 0 Å². The SMILES string of the molecule is COCC(C)(CN)N1CCOC2CCCC21. The van der Waals surface area contributed by atoms with Gasteiger partial charge in [0.15, 0.2) is 0 Å². The van der Waals surface area contributed by atoms with E-state index in [-0.39, 0.29) is 5.54 Å². The molecule has 16 heavy (non-hydrogen) atoms. The minimum atomic E-state index is -0.0359. The van der Waals surface area contributed by atoms with Gasteiger partial charge in [-0.15, -0.1) is 0 Å². The Labute approximate surface area is 98.1 Å². The van der Waals surface area contributed by atoms with Gasteiger partial charge in [-0.3, -0.25) is 4.90 Å². The summed E-state index contributed by atoms with van der Waals surface area (Å²) in [6.07, 6.45) is 4.15. The summed E-state index contributed by atoms with van der Waals surface area (Å²) >= 11 is 0. The minimum Gasteiger partial charge on any atom is -0.383 e. The normalized spacial score (nSPS) is 34.7. The van der Waals surface area contributed by atoms with Crippen LogP contribution in [0.4, 0.5) is 0 Å². The van der Waals surface area contributed by atoms with Crippen molar-refractivity contribution in [3.8, 4) is 0 Å². The van der Waals surface area contributed by atoms with Crippen LogP contribution >= 0.6 is 0 Å². The molecule has 1 heterocycles.